The molecule has 0 unspecified atom stereocenters. The number of hydrogen-bond donors (Lipinski definition) is 3. The van der Waals surface area contributed by atoms with Crippen molar-refractivity contribution in [3.8, 4) is 0 Å². The molecule has 4 nitrogen and oxygen atoms in total. The van der Waals surface area contributed by atoms with Crippen molar-refractivity contribution < 1.29 is 9.90 Å². The molecule has 0 aromatic carbocycles. The van der Waals surface area contributed by atoms with E-state index in [9.17, 15) is 9.90 Å². The van der Waals surface area contributed by atoms with Crippen molar-refractivity contribution in [3.63, 3.8) is 0 Å². The molecule has 1 saturated carbocycles. The van der Waals surface area contributed by atoms with E-state index in [1.54, 1.807) is 0 Å². The van der Waals surface area contributed by atoms with Gasteiger partial charge >= 0.3 is 6.03 Å². The highest BCUT2D eigenvalue weighted by atomic mass is 16.3. The lowest BCUT2D eigenvalue weighted by Crippen LogP contribution is -2.51. The topological polar surface area (TPSA) is 61.4 Å². The van der Waals surface area contributed by atoms with Gasteiger partial charge in [-0.15, -0.1) is 0 Å². The molecule has 4 heteroatoms. The number of aliphatic hydroxyl groups is 1. The van der Waals surface area contributed by atoms with Crippen LogP contribution in [0.3, 0.4) is 0 Å². The first-order valence-corrected chi connectivity index (χ1v) is 6.09. The lowest BCUT2D eigenvalue weighted by molar-refractivity contribution is 0.00704. The normalized spacial score (nSPS) is 20.2. The first-order valence-electron chi connectivity index (χ1n) is 6.09. The van der Waals surface area contributed by atoms with Crippen LogP contribution in [0.25, 0.3) is 0 Å². The number of urea groups is 1. The van der Waals surface area contributed by atoms with Crippen LogP contribution in [0.15, 0.2) is 0 Å². The fourth-order valence-electron chi connectivity index (χ4n) is 2.02. The Morgan fingerprint density at radius 2 is 1.81 bits per heavy atom. The molecule has 3 N–H and O–H groups in total. The molecular weight excluding hydrogens is 204 g/mol. The third-order valence-corrected chi connectivity index (χ3v) is 2.85. The van der Waals surface area contributed by atoms with E-state index in [-0.39, 0.29) is 11.6 Å². The molecule has 0 aromatic rings. The molecule has 1 aliphatic carbocycles. The lowest BCUT2D eigenvalue weighted by Gasteiger charge is -2.32. The number of amides is 2. The summed E-state index contributed by atoms with van der Waals surface area (Å²) in [6, 6.07) is -0.202. The predicted octanol–water partition coefficient (Wildman–Crippen LogP) is 1.78. The van der Waals surface area contributed by atoms with Gasteiger partial charge in [-0.1, -0.05) is 19.3 Å². The molecule has 0 heterocycles. The SMILES string of the molecule is CC(C)(C)NC(=O)NCC1(O)CCCCC1. The standard InChI is InChI=1S/C12H24N2O2/c1-11(2,3)14-10(15)13-9-12(16)7-5-4-6-8-12/h16H,4-9H2,1-3H3,(H2,13,14,15). The number of nitrogens with one attached hydrogen (secondary N) is 2. The van der Waals surface area contributed by atoms with E-state index in [4.69, 9.17) is 0 Å². The van der Waals surface area contributed by atoms with Gasteiger partial charge in [-0.25, -0.2) is 4.79 Å². The minimum Gasteiger partial charge on any atom is -0.388 e. The summed E-state index contributed by atoms with van der Waals surface area (Å²) in [5, 5.41) is 15.7. The second-order valence-electron chi connectivity index (χ2n) is 5.84. The highest BCUT2D eigenvalue weighted by Crippen LogP contribution is 2.27. The quantitative estimate of drug-likeness (QED) is 0.674. The minimum atomic E-state index is -0.687. The Hall–Kier alpha value is -0.770. The summed E-state index contributed by atoms with van der Waals surface area (Å²) in [5.74, 6) is 0. The van der Waals surface area contributed by atoms with Crippen LogP contribution in [0.1, 0.15) is 52.9 Å². The predicted molar refractivity (Wildman–Crippen MR) is 64.3 cm³/mol. The van der Waals surface area contributed by atoms with Crippen LogP contribution in [0.5, 0.6) is 0 Å². The van der Waals surface area contributed by atoms with Gasteiger partial charge in [0, 0.05) is 12.1 Å². The smallest absolute Gasteiger partial charge is 0.315 e. The number of carbonyl (C=O) groups is 1. The van der Waals surface area contributed by atoms with E-state index < -0.39 is 5.60 Å². The zero-order chi connectivity index (χ0) is 12.2. The number of carbonyl (C=O) groups excluding carboxylic acids is 1. The Morgan fingerprint density at radius 3 is 2.31 bits per heavy atom. The fourth-order valence-corrected chi connectivity index (χ4v) is 2.02. The van der Waals surface area contributed by atoms with Gasteiger partial charge in [0.1, 0.15) is 0 Å². The van der Waals surface area contributed by atoms with Crippen LogP contribution in [0.2, 0.25) is 0 Å². The highest BCUT2D eigenvalue weighted by Gasteiger charge is 2.29. The molecule has 0 bridgehead atoms. The third kappa shape index (κ3) is 4.84. The maximum absolute atomic E-state index is 11.5. The molecule has 16 heavy (non-hydrogen) atoms. The van der Waals surface area contributed by atoms with Gasteiger partial charge in [0.25, 0.3) is 0 Å². The van der Waals surface area contributed by atoms with Crippen LogP contribution in [-0.2, 0) is 0 Å². The fraction of sp³-hybridized carbons (Fsp3) is 0.917. The van der Waals surface area contributed by atoms with E-state index in [0.29, 0.717) is 6.54 Å². The first kappa shape index (κ1) is 13.3. The summed E-state index contributed by atoms with van der Waals surface area (Å²) in [4.78, 5) is 11.5. The molecule has 1 rings (SSSR count). The zero-order valence-electron chi connectivity index (χ0n) is 10.6. The van der Waals surface area contributed by atoms with Crippen molar-refractivity contribution in [3.05, 3.63) is 0 Å². The zero-order valence-corrected chi connectivity index (χ0v) is 10.6. The van der Waals surface area contributed by atoms with Crippen LogP contribution >= 0.6 is 0 Å². The molecule has 0 aliphatic heterocycles. The summed E-state index contributed by atoms with van der Waals surface area (Å²) in [7, 11) is 0. The molecule has 94 valence electrons. The molecule has 0 radical (unpaired) electrons. The van der Waals surface area contributed by atoms with Gasteiger partial charge in [-0.05, 0) is 33.6 Å². The van der Waals surface area contributed by atoms with E-state index in [2.05, 4.69) is 10.6 Å². The van der Waals surface area contributed by atoms with Gasteiger partial charge in [-0.3, -0.25) is 0 Å². The second-order valence-corrected chi connectivity index (χ2v) is 5.84. The summed E-state index contributed by atoms with van der Waals surface area (Å²) < 4.78 is 0. The van der Waals surface area contributed by atoms with Gasteiger partial charge < -0.3 is 15.7 Å². The Bertz CT molecular complexity index is 240. The Labute approximate surface area is 97.8 Å². The summed E-state index contributed by atoms with van der Waals surface area (Å²) in [6.07, 6.45) is 4.89. The monoisotopic (exact) mass is 228 g/mol. The Morgan fingerprint density at radius 1 is 1.25 bits per heavy atom. The maximum atomic E-state index is 11.5. The van der Waals surface area contributed by atoms with Crippen molar-refractivity contribution >= 4 is 6.03 Å². The molecule has 2 amide bonds. The largest absolute Gasteiger partial charge is 0.388 e. The third-order valence-electron chi connectivity index (χ3n) is 2.85. The van der Waals surface area contributed by atoms with E-state index in [1.165, 1.54) is 6.42 Å². The second kappa shape index (κ2) is 5.04. The van der Waals surface area contributed by atoms with Crippen molar-refractivity contribution in [2.75, 3.05) is 6.54 Å². The van der Waals surface area contributed by atoms with Gasteiger partial charge in [-0.2, -0.15) is 0 Å². The summed E-state index contributed by atoms with van der Waals surface area (Å²) in [5.41, 5.74) is -0.924. The number of rotatable bonds is 2. The highest BCUT2D eigenvalue weighted by molar-refractivity contribution is 5.74. The number of hydrogen-bond acceptors (Lipinski definition) is 2. The van der Waals surface area contributed by atoms with Crippen LogP contribution < -0.4 is 10.6 Å². The Kier molecular flexibility index (Phi) is 4.19. The van der Waals surface area contributed by atoms with Gasteiger partial charge in [0.15, 0.2) is 0 Å². The van der Waals surface area contributed by atoms with Crippen molar-refractivity contribution in [1.29, 1.82) is 0 Å². The average molecular weight is 228 g/mol. The van der Waals surface area contributed by atoms with Crippen LogP contribution in [0.4, 0.5) is 4.79 Å². The maximum Gasteiger partial charge on any atom is 0.315 e. The lowest BCUT2D eigenvalue weighted by atomic mass is 9.85. The molecule has 0 spiro atoms. The van der Waals surface area contributed by atoms with Gasteiger partial charge in [0.05, 0.1) is 5.60 Å². The van der Waals surface area contributed by atoms with Crippen molar-refractivity contribution in [1.82, 2.24) is 10.6 Å². The molecule has 0 aromatic heterocycles. The van der Waals surface area contributed by atoms with E-state index >= 15 is 0 Å². The average Bonchev–Trinajstić information content (AvgIpc) is 2.14. The summed E-state index contributed by atoms with van der Waals surface area (Å²) in [6.45, 7) is 6.15. The van der Waals surface area contributed by atoms with E-state index in [0.717, 1.165) is 25.7 Å². The molecular formula is C12H24N2O2. The Balaban J connectivity index is 2.30. The molecule has 1 fully saturated rings. The first-order chi connectivity index (χ1) is 7.31. The van der Waals surface area contributed by atoms with Gasteiger partial charge in [0.2, 0.25) is 0 Å². The molecule has 0 atom stereocenters. The van der Waals surface area contributed by atoms with Crippen LogP contribution in [-0.4, -0.2) is 28.8 Å². The van der Waals surface area contributed by atoms with Crippen molar-refractivity contribution in [2.45, 2.75) is 64.0 Å². The van der Waals surface area contributed by atoms with E-state index in [1.807, 2.05) is 20.8 Å². The van der Waals surface area contributed by atoms with Crippen LogP contribution in [0, 0.1) is 0 Å². The molecule has 1 aliphatic rings. The minimum absolute atomic E-state index is 0.202. The van der Waals surface area contributed by atoms with Crippen molar-refractivity contribution in [2.24, 2.45) is 0 Å². The summed E-state index contributed by atoms with van der Waals surface area (Å²) >= 11 is 0. The molecule has 0 saturated heterocycles.